The minimum atomic E-state index is -4.26. The van der Waals surface area contributed by atoms with Gasteiger partial charge in [0.1, 0.15) is 0 Å². The fraction of sp³-hybridized carbons (Fsp3) is 0.538. The summed E-state index contributed by atoms with van der Waals surface area (Å²) in [5.74, 6) is 0. The predicted octanol–water partition coefficient (Wildman–Crippen LogP) is 2.55. The average Bonchev–Trinajstić information content (AvgIpc) is 2.37. The van der Waals surface area contributed by atoms with E-state index < -0.39 is 11.7 Å². The van der Waals surface area contributed by atoms with Gasteiger partial charge < -0.3 is 10.6 Å². The highest BCUT2D eigenvalue weighted by Gasteiger charge is 2.30. The molecule has 1 aromatic carbocycles. The maximum Gasteiger partial charge on any atom is 0.416 e. The maximum absolute atomic E-state index is 12.5. The molecule has 1 aromatic rings. The minimum Gasteiger partial charge on any atom is -0.317 e. The van der Waals surface area contributed by atoms with E-state index in [-0.39, 0.29) is 0 Å². The molecule has 1 fully saturated rings. The van der Waals surface area contributed by atoms with Gasteiger partial charge in [0.25, 0.3) is 0 Å². The molecule has 0 radical (unpaired) electrons. The zero-order valence-corrected chi connectivity index (χ0v) is 10.1. The van der Waals surface area contributed by atoms with E-state index in [1.54, 1.807) is 6.07 Å². The zero-order valence-electron chi connectivity index (χ0n) is 10.1. The number of piperidine rings is 1. The van der Waals surface area contributed by atoms with E-state index in [0.29, 0.717) is 18.2 Å². The number of benzene rings is 1. The number of rotatable bonds is 3. The molecule has 2 nitrogen and oxygen atoms in total. The first kappa shape index (κ1) is 13.4. The van der Waals surface area contributed by atoms with Crippen LogP contribution in [-0.4, -0.2) is 19.1 Å². The average molecular weight is 258 g/mol. The summed E-state index contributed by atoms with van der Waals surface area (Å²) >= 11 is 0. The topological polar surface area (TPSA) is 24.1 Å². The lowest BCUT2D eigenvalue weighted by atomic mass is 10.1. The fourth-order valence-electron chi connectivity index (χ4n) is 2.15. The molecule has 0 saturated carbocycles. The Labute approximate surface area is 105 Å². The molecule has 1 heterocycles. The molecule has 1 saturated heterocycles. The Bertz CT molecular complexity index is 384. The Kier molecular flexibility index (Phi) is 4.24. The van der Waals surface area contributed by atoms with Gasteiger partial charge >= 0.3 is 6.18 Å². The van der Waals surface area contributed by atoms with Gasteiger partial charge in [0, 0.05) is 12.6 Å². The molecule has 5 heteroatoms. The summed E-state index contributed by atoms with van der Waals surface area (Å²) in [6.07, 6.45) is -2.21. The van der Waals surface area contributed by atoms with Crippen molar-refractivity contribution in [3.05, 3.63) is 35.4 Å². The summed E-state index contributed by atoms with van der Waals surface area (Å²) in [5, 5.41) is 6.56. The summed E-state index contributed by atoms with van der Waals surface area (Å²) in [6.45, 7) is 2.44. The minimum absolute atomic E-state index is 0.404. The summed E-state index contributed by atoms with van der Waals surface area (Å²) in [7, 11) is 0. The van der Waals surface area contributed by atoms with Crippen LogP contribution in [0, 0.1) is 0 Å². The molecule has 18 heavy (non-hydrogen) atoms. The van der Waals surface area contributed by atoms with Crippen LogP contribution in [0.2, 0.25) is 0 Å². The largest absolute Gasteiger partial charge is 0.416 e. The Morgan fingerprint density at radius 3 is 2.61 bits per heavy atom. The van der Waals surface area contributed by atoms with Crippen molar-refractivity contribution in [2.45, 2.75) is 31.6 Å². The van der Waals surface area contributed by atoms with Crippen LogP contribution < -0.4 is 10.6 Å². The fourth-order valence-corrected chi connectivity index (χ4v) is 2.15. The van der Waals surface area contributed by atoms with E-state index in [2.05, 4.69) is 10.6 Å². The molecule has 0 aliphatic carbocycles. The second kappa shape index (κ2) is 5.71. The molecule has 0 aromatic heterocycles. The standard InChI is InChI=1S/C13H17F3N2/c14-13(15,16)11-3-1-2-10(8-11)9-18-12-4-6-17-7-5-12/h1-3,8,12,17-18H,4-7,9H2. The smallest absolute Gasteiger partial charge is 0.317 e. The number of hydrogen-bond donors (Lipinski definition) is 2. The van der Waals surface area contributed by atoms with Gasteiger partial charge in [-0.3, -0.25) is 0 Å². The van der Waals surface area contributed by atoms with Crippen molar-refractivity contribution in [1.29, 1.82) is 0 Å². The second-order valence-corrected chi connectivity index (χ2v) is 4.60. The van der Waals surface area contributed by atoms with Crippen LogP contribution in [0.5, 0.6) is 0 Å². The first-order valence-electron chi connectivity index (χ1n) is 6.16. The van der Waals surface area contributed by atoms with Gasteiger partial charge in [-0.15, -0.1) is 0 Å². The van der Waals surface area contributed by atoms with Gasteiger partial charge in [0.05, 0.1) is 5.56 Å². The van der Waals surface area contributed by atoms with Crippen LogP contribution in [0.25, 0.3) is 0 Å². The predicted molar refractivity (Wildman–Crippen MR) is 64.2 cm³/mol. The highest BCUT2D eigenvalue weighted by Crippen LogP contribution is 2.29. The van der Waals surface area contributed by atoms with Crippen LogP contribution in [0.3, 0.4) is 0 Å². The Balaban J connectivity index is 1.92. The molecule has 2 N–H and O–H groups in total. The Hall–Kier alpha value is -1.07. The van der Waals surface area contributed by atoms with Gasteiger partial charge in [0.2, 0.25) is 0 Å². The van der Waals surface area contributed by atoms with Crippen LogP contribution in [-0.2, 0) is 12.7 Å². The van der Waals surface area contributed by atoms with E-state index in [1.165, 1.54) is 12.1 Å². The lowest BCUT2D eigenvalue weighted by Crippen LogP contribution is -2.39. The quantitative estimate of drug-likeness (QED) is 0.870. The Morgan fingerprint density at radius 2 is 1.94 bits per heavy atom. The molecule has 0 bridgehead atoms. The SMILES string of the molecule is FC(F)(F)c1cccc(CNC2CCNCC2)c1. The molecule has 0 atom stereocenters. The maximum atomic E-state index is 12.5. The number of nitrogens with one attached hydrogen (secondary N) is 2. The van der Waals surface area contributed by atoms with Gasteiger partial charge in [-0.05, 0) is 37.6 Å². The van der Waals surface area contributed by atoms with E-state index in [0.717, 1.165) is 32.0 Å². The van der Waals surface area contributed by atoms with Crippen LogP contribution in [0.15, 0.2) is 24.3 Å². The lowest BCUT2D eigenvalue weighted by molar-refractivity contribution is -0.137. The summed E-state index contributed by atoms with van der Waals surface area (Å²) in [5.41, 5.74) is 0.107. The highest BCUT2D eigenvalue weighted by atomic mass is 19.4. The highest BCUT2D eigenvalue weighted by molar-refractivity contribution is 5.25. The van der Waals surface area contributed by atoms with Crippen molar-refractivity contribution in [2.24, 2.45) is 0 Å². The molecule has 0 spiro atoms. The molecule has 1 aliphatic heterocycles. The molecular weight excluding hydrogens is 241 g/mol. The van der Waals surface area contributed by atoms with Gasteiger partial charge in [0.15, 0.2) is 0 Å². The molecule has 100 valence electrons. The summed E-state index contributed by atoms with van der Waals surface area (Å²) in [6, 6.07) is 5.91. The molecule has 1 aliphatic rings. The molecule has 0 amide bonds. The van der Waals surface area contributed by atoms with Crippen molar-refractivity contribution in [2.75, 3.05) is 13.1 Å². The summed E-state index contributed by atoms with van der Waals surface area (Å²) in [4.78, 5) is 0. The van der Waals surface area contributed by atoms with E-state index >= 15 is 0 Å². The molecule has 0 unspecified atom stereocenters. The molecule has 2 rings (SSSR count). The zero-order chi connectivity index (χ0) is 13.0. The number of hydrogen-bond acceptors (Lipinski definition) is 2. The van der Waals surface area contributed by atoms with Gasteiger partial charge in [-0.1, -0.05) is 18.2 Å². The van der Waals surface area contributed by atoms with Crippen molar-refractivity contribution >= 4 is 0 Å². The second-order valence-electron chi connectivity index (χ2n) is 4.60. The third kappa shape index (κ3) is 3.71. The monoisotopic (exact) mass is 258 g/mol. The van der Waals surface area contributed by atoms with Crippen molar-refractivity contribution < 1.29 is 13.2 Å². The van der Waals surface area contributed by atoms with Gasteiger partial charge in [-0.2, -0.15) is 13.2 Å². The lowest BCUT2D eigenvalue weighted by Gasteiger charge is -2.23. The number of alkyl halides is 3. The van der Waals surface area contributed by atoms with E-state index in [9.17, 15) is 13.2 Å². The third-order valence-corrected chi connectivity index (χ3v) is 3.19. The van der Waals surface area contributed by atoms with Crippen LogP contribution in [0.4, 0.5) is 13.2 Å². The summed E-state index contributed by atoms with van der Waals surface area (Å²) < 4.78 is 37.6. The number of halogens is 3. The first-order chi connectivity index (χ1) is 8.55. The van der Waals surface area contributed by atoms with E-state index in [4.69, 9.17) is 0 Å². The van der Waals surface area contributed by atoms with E-state index in [1.807, 2.05) is 0 Å². The van der Waals surface area contributed by atoms with Gasteiger partial charge in [-0.25, -0.2) is 0 Å². The van der Waals surface area contributed by atoms with Crippen LogP contribution in [0.1, 0.15) is 24.0 Å². The van der Waals surface area contributed by atoms with Crippen molar-refractivity contribution in [1.82, 2.24) is 10.6 Å². The van der Waals surface area contributed by atoms with Crippen molar-refractivity contribution in [3.63, 3.8) is 0 Å². The normalized spacial score (nSPS) is 17.9. The first-order valence-corrected chi connectivity index (χ1v) is 6.16. The Morgan fingerprint density at radius 1 is 1.22 bits per heavy atom. The molecular formula is C13H17F3N2. The third-order valence-electron chi connectivity index (χ3n) is 3.19. The van der Waals surface area contributed by atoms with Crippen LogP contribution >= 0.6 is 0 Å². The van der Waals surface area contributed by atoms with Crippen molar-refractivity contribution in [3.8, 4) is 0 Å².